The van der Waals surface area contributed by atoms with E-state index in [1.807, 2.05) is 60.7 Å². The average molecular weight is 490 g/mol. The summed E-state index contributed by atoms with van der Waals surface area (Å²) in [7, 11) is 0. The molecule has 2 aliphatic carbocycles. The van der Waals surface area contributed by atoms with Crippen molar-refractivity contribution in [3.05, 3.63) is 143 Å². The van der Waals surface area contributed by atoms with Crippen molar-refractivity contribution in [2.75, 3.05) is 0 Å². The van der Waals surface area contributed by atoms with Gasteiger partial charge in [0.15, 0.2) is 0 Å². The molecular formula is C32H27NO4+. The molecule has 183 valence electrons. The molecule has 1 fully saturated rings. The summed E-state index contributed by atoms with van der Waals surface area (Å²) in [4.78, 5) is 31.5. The molecule has 37 heavy (non-hydrogen) atoms. The van der Waals surface area contributed by atoms with Gasteiger partial charge < -0.3 is 9.94 Å². The highest BCUT2D eigenvalue weighted by Crippen LogP contribution is 2.61. The highest BCUT2D eigenvalue weighted by atomic mass is 16.7. The van der Waals surface area contributed by atoms with Crippen LogP contribution in [-0.4, -0.2) is 23.0 Å². The molecule has 0 spiro atoms. The van der Waals surface area contributed by atoms with Crippen molar-refractivity contribution < 1.29 is 19.5 Å². The number of hydrogen-bond donors (Lipinski definition) is 2. The molecule has 4 aromatic carbocycles. The summed E-state index contributed by atoms with van der Waals surface area (Å²) in [6, 6.07) is 34.2. The number of hydroxylamine groups is 1. The Morgan fingerprint density at radius 2 is 1.30 bits per heavy atom. The van der Waals surface area contributed by atoms with E-state index in [4.69, 9.17) is 4.84 Å². The van der Waals surface area contributed by atoms with Gasteiger partial charge in [0.2, 0.25) is 4.79 Å². The lowest BCUT2D eigenvalue weighted by atomic mass is 10.0. The quantitative estimate of drug-likeness (QED) is 0.207. The number of carbonyl (C=O) groups is 2. The molecule has 0 saturated heterocycles. The zero-order chi connectivity index (χ0) is 25.4. The summed E-state index contributed by atoms with van der Waals surface area (Å²) in [5.74, 6) is -0.373. The van der Waals surface area contributed by atoms with Crippen molar-refractivity contribution in [2.24, 2.45) is 5.92 Å². The Balaban J connectivity index is 1.15. The second-order valence-corrected chi connectivity index (χ2v) is 9.80. The van der Waals surface area contributed by atoms with Gasteiger partial charge in [0.25, 0.3) is 0 Å². The first-order valence-electron chi connectivity index (χ1n) is 12.6. The van der Waals surface area contributed by atoms with Crippen LogP contribution in [0.3, 0.4) is 0 Å². The summed E-state index contributed by atoms with van der Waals surface area (Å²) in [6.45, 7) is 0. The van der Waals surface area contributed by atoms with Crippen molar-refractivity contribution in [2.45, 2.75) is 30.4 Å². The molecule has 2 aliphatic rings. The van der Waals surface area contributed by atoms with Crippen LogP contribution in [0.4, 0.5) is 0 Å². The minimum absolute atomic E-state index is 0.0754. The summed E-state index contributed by atoms with van der Waals surface area (Å²) >= 11 is 0. The third kappa shape index (κ3) is 4.48. The molecule has 4 aromatic rings. The minimum atomic E-state index is -0.668. The predicted octanol–water partition coefficient (Wildman–Crippen LogP) is 5.39. The molecule has 0 bridgehead atoms. The molecule has 1 saturated carbocycles. The van der Waals surface area contributed by atoms with Crippen LogP contribution in [-0.2, 0) is 11.3 Å². The zero-order valence-corrected chi connectivity index (χ0v) is 20.2. The van der Waals surface area contributed by atoms with E-state index in [9.17, 15) is 14.7 Å². The smallest absolute Gasteiger partial charge is 0.391 e. The van der Waals surface area contributed by atoms with Crippen molar-refractivity contribution in [3.8, 4) is 0 Å². The Bertz CT molecular complexity index is 1370. The second-order valence-electron chi connectivity index (χ2n) is 9.80. The van der Waals surface area contributed by atoms with Crippen molar-refractivity contribution in [1.29, 1.82) is 0 Å². The van der Waals surface area contributed by atoms with Gasteiger partial charge in [-0.3, -0.25) is 0 Å². The van der Waals surface area contributed by atoms with Gasteiger partial charge in [-0.25, -0.2) is 4.79 Å². The first-order chi connectivity index (χ1) is 18.1. The minimum Gasteiger partial charge on any atom is -0.391 e. The van der Waals surface area contributed by atoms with Gasteiger partial charge in [-0.1, -0.05) is 84.9 Å². The van der Waals surface area contributed by atoms with Gasteiger partial charge in [-0.05, 0) is 46.5 Å². The number of benzene rings is 4. The SMILES string of the molecule is O=C(ON[C@@H]1c2ccccc2C[C@@H]1O)c1ccc(C(=[O+])C2[C@@H](c3ccccc3)[C@@H]2c2ccccc2)cc1. The molecule has 6 rings (SSSR count). The van der Waals surface area contributed by atoms with E-state index in [-0.39, 0.29) is 23.5 Å². The maximum absolute atomic E-state index is 13.6. The van der Waals surface area contributed by atoms with Gasteiger partial charge in [0.1, 0.15) is 5.92 Å². The fraction of sp³-hybridized carbons (Fsp3) is 0.188. The number of aliphatic hydroxyl groups excluding tert-OH is 1. The van der Waals surface area contributed by atoms with Gasteiger partial charge in [-0.15, -0.1) is 5.48 Å². The zero-order valence-electron chi connectivity index (χ0n) is 20.2. The number of fused-ring (bicyclic) bond motifs is 1. The lowest BCUT2D eigenvalue weighted by molar-refractivity contribution is -0.00332. The molecule has 0 unspecified atom stereocenters. The number of rotatable bonds is 7. The maximum Gasteiger partial charge on any atom is 0.478 e. The van der Waals surface area contributed by atoms with E-state index < -0.39 is 18.1 Å². The van der Waals surface area contributed by atoms with Gasteiger partial charge in [0.05, 0.1) is 23.3 Å². The highest BCUT2D eigenvalue weighted by molar-refractivity contribution is 6.02. The molecule has 0 aromatic heterocycles. The fourth-order valence-electron chi connectivity index (χ4n) is 5.67. The molecule has 5 heteroatoms. The van der Waals surface area contributed by atoms with Crippen LogP contribution in [0.2, 0.25) is 0 Å². The van der Waals surface area contributed by atoms with Gasteiger partial charge >= 0.3 is 11.8 Å². The summed E-state index contributed by atoms with van der Waals surface area (Å²) in [5, 5.41) is 10.4. The Kier molecular flexibility index (Phi) is 6.16. The molecule has 1 radical (unpaired) electrons. The van der Waals surface area contributed by atoms with E-state index >= 15 is 0 Å². The molecule has 0 heterocycles. The lowest BCUT2D eigenvalue weighted by Gasteiger charge is -2.17. The number of hydrogen-bond acceptors (Lipinski definition) is 5. The third-order valence-electron chi connectivity index (χ3n) is 7.58. The van der Waals surface area contributed by atoms with E-state index in [1.54, 1.807) is 24.3 Å². The highest BCUT2D eigenvalue weighted by Gasteiger charge is 2.61. The number of aliphatic hydroxyl groups is 1. The first kappa shape index (κ1) is 23.3. The Morgan fingerprint density at radius 3 is 1.92 bits per heavy atom. The van der Waals surface area contributed by atoms with Crippen LogP contribution in [0.5, 0.6) is 0 Å². The average Bonchev–Trinajstić information content (AvgIpc) is 3.62. The number of nitrogens with one attached hydrogen (secondary N) is 1. The van der Waals surface area contributed by atoms with Crippen LogP contribution < -0.4 is 5.48 Å². The van der Waals surface area contributed by atoms with Crippen LogP contribution >= 0.6 is 0 Å². The normalized spacial score (nSPS) is 23.8. The molecule has 0 aliphatic heterocycles. The molecule has 5 nitrogen and oxygen atoms in total. The summed E-state index contributed by atoms with van der Waals surface area (Å²) < 4.78 is 0. The van der Waals surface area contributed by atoms with E-state index in [0.29, 0.717) is 17.5 Å². The van der Waals surface area contributed by atoms with Crippen molar-refractivity contribution >= 4 is 11.8 Å². The van der Waals surface area contributed by atoms with Crippen LogP contribution in [0.15, 0.2) is 109 Å². The van der Waals surface area contributed by atoms with Crippen LogP contribution in [0, 0.1) is 5.92 Å². The van der Waals surface area contributed by atoms with E-state index in [2.05, 4.69) is 29.7 Å². The molecular weight excluding hydrogens is 462 g/mol. The lowest BCUT2D eigenvalue weighted by Crippen LogP contribution is -2.31. The van der Waals surface area contributed by atoms with Crippen molar-refractivity contribution in [3.63, 3.8) is 0 Å². The monoisotopic (exact) mass is 489 g/mol. The maximum atomic E-state index is 13.6. The molecule has 4 atom stereocenters. The largest absolute Gasteiger partial charge is 0.478 e. The van der Waals surface area contributed by atoms with Gasteiger partial charge in [0, 0.05) is 18.3 Å². The number of ketones is 1. The molecule has 0 amide bonds. The number of Topliss-reactive ketones (excluding diaryl/α,β-unsaturated/α-hetero) is 1. The molecule has 2 N–H and O–H groups in total. The van der Waals surface area contributed by atoms with E-state index in [1.165, 1.54) is 0 Å². The fourth-order valence-corrected chi connectivity index (χ4v) is 5.67. The summed E-state index contributed by atoms with van der Waals surface area (Å²) in [5.41, 5.74) is 7.93. The Morgan fingerprint density at radius 1 is 0.757 bits per heavy atom. The predicted molar refractivity (Wildman–Crippen MR) is 140 cm³/mol. The summed E-state index contributed by atoms with van der Waals surface area (Å²) in [6.07, 6.45) is -0.156. The van der Waals surface area contributed by atoms with E-state index in [0.717, 1.165) is 22.3 Å². The Hall–Kier alpha value is -4.06. The third-order valence-corrected chi connectivity index (χ3v) is 7.58. The first-order valence-corrected chi connectivity index (χ1v) is 12.6. The Labute approximate surface area is 215 Å². The second kappa shape index (κ2) is 9.77. The van der Waals surface area contributed by atoms with Gasteiger partial charge in [-0.2, -0.15) is 0 Å². The number of carbonyl (C=O) groups excluding carboxylic acids is 2. The topological polar surface area (TPSA) is 78.5 Å². The standard InChI is InChI=1S/C32H27NO4/c34-26-19-24-13-7-8-14-25(24)30(26)33-37-32(36)23-17-15-22(16-18-23)31(35)29-27(20-9-3-1-4-10-20)28(29)21-11-5-2-6-12-21/h1-18,26-30,33-34H,19H2/q+1/t26-,27-,28-,30+/m0/s1. The van der Waals surface area contributed by atoms with Crippen molar-refractivity contribution in [1.82, 2.24) is 5.48 Å². The van der Waals surface area contributed by atoms with Crippen LogP contribution in [0.25, 0.3) is 0 Å². The van der Waals surface area contributed by atoms with Crippen LogP contribution in [0.1, 0.15) is 60.8 Å².